The first kappa shape index (κ1) is 18.7. The van der Waals surface area contributed by atoms with Gasteiger partial charge in [-0.25, -0.2) is 4.79 Å². The van der Waals surface area contributed by atoms with Crippen LogP contribution in [0.5, 0.6) is 5.75 Å². The molecule has 2 N–H and O–H groups in total. The average molecular weight is 376 g/mol. The third kappa shape index (κ3) is 4.95. The van der Waals surface area contributed by atoms with Crippen molar-refractivity contribution in [3.8, 4) is 5.75 Å². The van der Waals surface area contributed by atoms with E-state index in [0.717, 1.165) is 0 Å². The lowest BCUT2D eigenvalue weighted by Gasteiger charge is -2.07. The Kier molecular flexibility index (Phi) is 5.99. The predicted molar refractivity (Wildman–Crippen MR) is 101 cm³/mol. The van der Waals surface area contributed by atoms with E-state index in [1.165, 1.54) is 24.5 Å². The van der Waals surface area contributed by atoms with Crippen LogP contribution < -0.4 is 15.6 Å². The molecule has 0 bridgehead atoms. The monoisotopic (exact) mass is 376 g/mol. The van der Waals surface area contributed by atoms with Crippen molar-refractivity contribution in [2.24, 2.45) is 0 Å². The van der Waals surface area contributed by atoms with Crippen molar-refractivity contribution in [2.45, 2.75) is 0 Å². The molecule has 2 amide bonds. The number of carbonyl (C=O) groups excluding carboxylic acids is 3. The van der Waals surface area contributed by atoms with Crippen LogP contribution in [0, 0.1) is 0 Å². The molecule has 0 aliphatic carbocycles. The van der Waals surface area contributed by atoms with E-state index in [4.69, 9.17) is 9.15 Å². The SMILES string of the molecule is O=C(/C=C/c1ccccc1OC(=O)c1ccccc1)NNC(=O)c1ccco1. The summed E-state index contributed by atoms with van der Waals surface area (Å²) in [5, 5.41) is 0. The molecule has 28 heavy (non-hydrogen) atoms. The van der Waals surface area contributed by atoms with Gasteiger partial charge in [0.2, 0.25) is 0 Å². The van der Waals surface area contributed by atoms with Gasteiger partial charge in [-0.1, -0.05) is 36.4 Å². The molecule has 0 spiro atoms. The number of hydrazine groups is 1. The molecule has 0 aliphatic rings. The van der Waals surface area contributed by atoms with Crippen LogP contribution in [-0.4, -0.2) is 17.8 Å². The molecule has 3 aromatic rings. The second-order valence-corrected chi connectivity index (χ2v) is 5.55. The molecule has 3 rings (SSSR count). The molecule has 7 heteroatoms. The van der Waals surface area contributed by atoms with Gasteiger partial charge < -0.3 is 9.15 Å². The molecule has 1 aromatic heterocycles. The number of ether oxygens (including phenoxy) is 1. The summed E-state index contributed by atoms with van der Waals surface area (Å²) >= 11 is 0. The summed E-state index contributed by atoms with van der Waals surface area (Å²) in [7, 11) is 0. The Morgan fingerprint density at radius 2 is 1.61 bits per heavy atom. The number of para-hydroxylation sites is 1. The van der Waals surface area contributed by atoms with Gasteiger partial charge in [0.15, 0.2) is 5.76 Å². The first-order valence-corrected chi connectivity index (χ1v) is 8.31. The van der Waals surface area contributed by atoms with Crippen LogP contribution in [0.4, 0.5) is 0 Å². The Morgan fingerprint density at radius 3 is 2.36 bits per heavy atom. The lowest BCUT2D eigenvalue weighted by atomic mass is 10.2. The van der Waals surface area contributed by atoms with Crippen molar-refractivity contribution in [1.29, 1.82) is 0 Å². The van der Waals surface area contributed by atoms with E-state index in [2.05, 4.69) is 10.9 Å². The van der Waals surface area contributed by atoms with E-state index in [1.54, 1.807) is 60.7 Å². The van der Waals surface area contributed by atoms with Crippen LogP contribution in [0.1, 0.15) is 26.5 Å². The van der Waals surface area contributed by atoms with E-state index >= 15 is 0 Å². The van der Waals surface area contributed by atoms with Gasteiger partial charge in [0, 0.05) is 11.6 Å². The molecule has 0 atom stereocenters. The summed E-state index contributed by atoms with van der Waals surface area (Å²) < 4.78 is 10.3. The number of amides is 2. The third-order valence-corrected chi connectivity index (χ3v) is 3.59. The van der Waals surface area contributed by atoms with E-state index in [1.807, 2.05) is 0 Å². The summed E-state index contributed by atoms with van der Waals surface area (Å²) in [5.41, 5.74) is 5.40. The minimum Gasteiger partial charge on any atom is -0.459 e. The zero-order valence-corrected chi connectivity index (χ0v) is 14.6. The minimum atomic E-state index is -0.580. The summed E-state index contributed by atoms with van der Waals surface area (Å²) in [6.07, 6.45) is 4.03. The minimum absolute atomic E-state index is 0.0717. The quantitative estimate of drug-likeness (QED) is 0.309. The fraction of sp³-hybridized carbons (Fsp3) is 0. The zero-order chi connectivity index (χ0) is 19.8. The molecular formula is C21H16N2O5. The van der Waals surface area contributed by atoms with Crippen molar-refractivity contribution in [2.75, 3.05) is 0 Å². The lowest BCUT2D eigenvalue weighted by Crippen LogP contribution is -2.40. The highest BCUT2D eigenvalue weighted by Gasteiger charge is 2.11. The largest absolute Gasteiger partial charge is 0.459 e. The highest BCUT2D eigenvalue weighted by Crippen LogP contribution is 2.20. The number of carbonyl (C=O) groups is 3. The number of benzene rings is 2. The number of hydrogen-bond donors (Lipinski definition) is 2. The third-order valence-electron chi connectivity index (χ3n) is 3.59. The summed E-state index contributed by atoms with van der Waals surface area (Å²) in [4.78, 5) is 35.8. The molecule has 0 aliphatic heterocycles. The summed E-state index contributed by atoms with van der Waals surface area (Å²) in [6.45, 7) is 0. The molecule has 2 aromatic carbocycles. The van der Waals surface area contributed by atoms with Crippen LogP contribution in [0.15, 0.2) is 83.5 Å². The van der Waals surface area contributed by atoms with Crippen molar-refractivity contribution < 1.29 is 23.5 Å². The molecule has 0 fully saturated rings. The number of furan rings is 1. The number of esters is 1. The molecule has 0 saturated heterocycles. The second-order valence-electron chi connectivity index (χ2n) is 5.55. The average Bonchev–Trinajstić information content (AvgIpc) is 3.27. The van der Waals surface area contributed by atoms with Crippen molar-refractivity contribution in [3.05, 3.63) is 96.0 Å². The fourth-order valence-corrected chi connectivity index (χ4v) is 2.24. The van der Waals surface area contributed by atoms with E-state index < -0.39 is 17.8 Å². The highest BCUT2D eigenvalue weighted by atomic mass is 16.5. The van der Waals surface area contributed by atoms with Crippen molar-refractivity contribution in [3.63, 3.8) is 0 Å². The van der Waals surface area contributed by atoms with Crippen LogP contribution >= 0.6 is 0 Å². The van der Waals surface area contributed by atoms with Crippen molar-refractivity contribution >= 4 is 23.9 Å². The van der Waals surface area contributed by atoms with E-state index in [0.29, 0.717) is 16.9 Å². The molecule has 1 heterocycles. The molecule has 7 nitrogen and oxygen atoms in total. The normalized spacial score (nSPS) is 10.4. The summed E-state index contributed by atoms with van der Waals surface area (Å²) in [6, 6.07) is 18.4. The summed E-state index contributed by atoms with van der Waals surface area (Å²) in [5.74, 6) is -1.27. The van der Waals surface area contributed by atoms with Gasteiger partial charge in [0.05, 0.1) is 11.8 Å². The topological polar surface area (TPSA) is 97.6 Å². The van der Waals surface area contributed by atoms with Gasteiger partial charge in [-0.05, 0) is 36.4 Å². The van der Waals surface area contributed by atoms with Crippen LogP contribution in [0.2, 0.25) is 0 Å². The number of nitrogens with one attached hydrogen (secondary N) is 2. The van der Waals surface area contributed by atoms with Crippen LogP contribution in [0.3, 0.4) is 0 Å². The molecule has 0 radical (unpaired) electrons. The zero-order valence-electron chi connectivity index (χ0n) is 14.6. The molecule has 0 unspecified atom stereocenters. The van der Waals surface area contributed by atoms with Crippen LogP contribution in [0.25, 0.3) is 6.08 Å². The fourth-order valence-electron chi connectivity index (χ4n) is 2.24. The Balaban J connectivity index is 1.61. The Hall–Kier alpha value is -4.13. The molecule has 0 saturated carbocycles. The van der Waals surface area contributed by atoms with Crippen LogP contribution in [-0.2, 0) is 4.79 Å². The van der Waals surface area contributed by atoms with E-state index in [9.17, 15) is 14.4 Å². The lowest BCUT2D eigenvalue weighted by molar-refractivity contribution is -0.117. The van der Waals surface area contributed by atoms with Gasteiger partial charge in [-0.3, -0.25) is 20.4 Å². The molecule has 140 valence electrons. The number of hydrogen-bond acceptors (Lipinski definition) is 5. The molecular weight excluding hydrogens is 360 g/mol. The Morgan fingerprint density at radius 1 is 0.857 bits per heavy atom. The smallest absolute Gasteiger partial charge is 0.343 e. The number of rotatable bonds is 5. The maximum Gasteiger partial charge on any atom is 0.343 e. The first-order valence-electron chi connectivity index (χ1n) is 8.31. The maximum absolute atomic E-state index is 12.2. The highest BCUT2D eigenvalue weighted by molar-refractivity contribution is 5.97. The predicted octanol–water partition coefficient (Wildman–Crippen LogP) is 2.97. The van der Waals surface area contributed by atoms with Gasteiger partial charge in [0.25, 0.3) is 5.91 Å². The maximum atomic E-state index is 12.2. The van der Waals surface area contributed by atoms with Gasteiger partial charge in [-0.2, -0.15) is 0 Å². The van der Waals surface area contributed by atoms with Gasteiger partial charge in [0.1, 0.15) is 5.75 Å². The van der Waals surface area contributed by atoms with Gasteiger partial charge >= 0.3 is 11.9 Å². The standard InChI is InChI=1S/C21H16N2O5/c24-19(22-23-20(25)18-11-6-14-27-18)13-12-15-7-4-5-10-17(15)28-21(26)16-8-2-1-3-9-16/h1-14H,(H,22,24)(H,23,25)/b13-12+. The van der Waals surface area contributed by atoms with Crippen molar-refractivity contribution in [1.82, 2.24) is 10.9 Å². The Bertz CT molecular complexity index is 995. The van der Waals surface area contributed by atoms with Gasteiger partial charge in [-0.15, -0.1) is 0 Å². The Labute approximate surface area is 160 Å². The second kappa shape index (κ2) is 9.00. The first-order chi connectivity index (χ1) is 13.6. The van der Waals surface area contributed by atoms with E-state index in [-0.39, 0.29) is 5.76 Å².